The topological polar surface area (TPSA) is 49.3 Å². The highest BCUT2D eigenvalue weighted by Gasteiger charge is 2.29. The van der Waals surface area contributed by atoms with Crippen LogP contribution in [0.4, 0.5) is 0 Å². The largest absolute Gasteiger partial charge is 0.496 e. The first-order valence-electron chi connectivity index (χ1n) is 9.30. The lowest BCUT2D eigenvalue weighted by Gasteiger charge is -2.16. The van der Waals surface area contributed by atoms with Crippen molar-refractivity contribution in [3.05, 3.63) is 58.1 Å². The lowest BCUT2D eigenvalue weighted by atomic mass is 10.2. The number of methoxy groups -OCH3 is 1. The maximum atomic E-state index is 6.17. The number of hydrogen-bond acceptors (Lipinski definition) is 4. The molecule has 146 valence electrons. The van der Waals surface area contributed by atoms with Crippen molar-refractivity contribution < 1.29 is 9.64 Å². The Morgan fingerprint density at radius 3 is 2.82 bits per heavy atom. The van der Waals surface area contributed by atoms with Crippen LogP contribution < -0.4 is 9.64 Å². The summed E-state index contributed by atoms with van der Waals surface area (Å²) in [5.41, 5.74) is 2.06. The number of nitrogens with zero attached hydrogens (tertiary/aromatic N) is 4. The maximum Gasteiger partial charge on any atom is 0.203 e. The highest BCUT2D eigenvalue weighted by Crippen LogP contribution is 2.38. The van der Waals surface area contributed by atoms with Crippen LogP contribution in [0, 0.1) is 4.77 Å². The van der Waals surface area contributed by atoms with Gasteiger partial charge in [-0.25, -0.2) is 0 Å². The van der Waals surface area contributed by atoms with E-state index in [1.807, 2.05) is 41.2 Å². The van der Waals surface area contributed by atoms with E-state index < -0.39 is 0 Å². The van der Waals surface area contributed by atoms with Crippen molar-refractivity contribution in [3.8, 4) is 17.1 Å². The summed E-state index contributed by atoms with van der Waals surface area (Å²) in [6, 6.07) is 10.1. The van der Waals surface area contributed by atoms with Crippen molar-refractivity contribution in [2.45, 2.75) is 32.1 Å². The molecule has 1 fully saturated rings. The van der Waals surface area contributed by atoms with Gasteiger partial charge in [-0.05, 0) is 55.4 Å². The number of aromatic nitrogens is 4. The molecule has 4 rings (SSSR count). The summed E-state index contributed by atoms with van der Waals surface area (Å²) in [4.78, 5) is 5.47. The molecule has 1 aromatic carbocycles. The molecule has 1 aliphatic rings. The van der Waals surface area contributed by atoms with Crippen LogP contribution in [0.25, 0.3) is 11.4 Å². The zero-order valence-electron chi connectivity index (χ0n) is 15.9. The molecule has 2 heterocycles. The van der Waals surface area contributed by atoms with E-state index in [-0.39, 0.29) is 0 Å². The molecule has 1 aliphatic carbocycles. The Hall–Kier alpha value is -2.22. The highest BCUT2D eigenvalue weighted by molar-refractivity contribution is 7.71. The molecule has 1 unspecified atom stereocenters. The Morgan fingerprint density at radius 1 is 1.32 bits per heavy atom. The molecule has 6 nitrogen and oxygen atoms in total. The minimum Gasteiger partial charge on any atom is -0.496 e. The zero-order valence-corrected chi connectivity index (χ0v) is 17.5. The minimum atomic E-state index is 0.449. The van der Waals surface area contributed by atoms with Crippen LogP contribution in [0.5, 0.6) is 5.75 Å². The number of halogens is 1. The molecule has 1 N–H and O–H groups in total. The van der Waals surface area contributed by atoms with Gasteiger partial charge in [0.2, 0.25) is 4.77 Å². The first-order valence-corrected chi connectivity index (χ1v) is 10.1. The van der Waals surface area contributed by atoms with Gasteiger partial charge in [0.1, 0.15) is 12.3 Å². The fraction of sp³-hybridized carbons (Fsp3) is 0.350. The first kappa shape index (κ1) is 19.1. The number of pyridine rings is 1. The summed E-state index contributed by atoms with van der Waals surface area (Å²) >= 11 is 11.9. The number of rotatable bonds is 7. The lowest BCUT2D eigenvalue weighted by Crippen LogP contribution is -3.07. The molecule has 1 atom stereocenters. The van der Waals surface area contributed by atoms with Crippen molar-refractivity contribution in [1.29, 1.82) is 0 Å². The van der Waals surface area contributed by atoms with Crippen LogP contribution in [0.2, 0.25) is 5.02 Å². The zero-order chi connectivity index (χ0) is 19.7. The summed E-state index contributed by atoms with van der Waals surface area (Å²) in [7, 11) is 3.79. The number of ether oxygens (including phenoxy) is 1. The molecule has 28 heavy (non-hydrogen) atoms. The van der Waals surface area contributed by atoms with E-state index in [1.165, 1.54) is 4.90 Å². The van der Waals surface area contributed by atoms with Crippen molar-refractivity contribution in [2.75, 3.05) is 14.2 Å². The van der Waals surface area contributed by atoms with E-state index in [0.717, 1.165) is 46.9 Å². The minimum absolute atomic E-state index is 0.449. The normalized spacial score (nSPS) is 14.8. The summed E-state index contributed by atoms with van der Waals surface area (Å²) in [5, 5.41) is 5.55. The van der Waals surface area contributed by atoms with Gasteiger partial charge >= 0.3 is 0 Å². The smallest absolute Gasteiger partial charge is 0.203 e. The summed E-state index contributed by atoms with van der Waals surface area (Å²) < 4.78 is 10.3. The van der Waals surface area contributed by atoms with Crippen molar-refractivity contribution in [3.63, 3.8) is 0 Å². The first-order chi connectivity index (χ1) is 13.6. The standard InChI is InChI=1S/C20H22ClN5OS/c1-24(12-15-10-16(21)5-8-18(15)27-2)13-25-20(28)26(17-6-7-17)19(23-25)14-4-3-9-22-11-14/h3-5,8-11,17H,6-7,12-13H2,1-2H3/p+1. The molecule has 0 bridgehead atoms. The van der Waals surface area contributed by atoms with Crippen molar-refractivity contribution in [1.82, 2.24) is 19.3 Å². The molecule has 2 aromatic heterocycles. The van der Waals surface area contributed by atoms with Crippen LogP contribution in [-0.2, 0) is 13.2 Å². The summed E-state index contributed by atoms with van der Waals surface area (Å²) in [6.45, 7) is 1.41. The molecule has 0 aliphatic heterocycles. The average molecular weight is 417 g/mol. The molecule has 0 spiro atoms. The van der Waals surface area contributed by atoms with Crippen LogP contribution in [0.1, 0.15) is 24.4 Å². The molecule has 0 radical (unpaired) electrons. The predicted octanol–water partition coefficient (Wildman–Crippen LogP) is 3.15. The van der Waals surface area contributed by atoms with Gasteiger partial charge in [0, 0.05) is 34.6 Å². The van der Waals surface area contributed by atoms with Gasteiger partial charge in [0.05, 0.1) is 14.2 Å². The van der Waals surface area contributed by atoms with Crippen LogP contribution >= 0.6 is 23.8 Å². The Morgan fingerprint density at radius 2 is 2.14 bits per heavy atom. The van der Waals surface area contributed by atoms with Gasteiger partial charge in [-0.3, -0.25) is 9.55 Å². The average Bonchev–Trinajstić information content (AvgIpc) is 3.47. The van der Waals surface area contributed by atoms with Gasteiger partial charge < -0.3 is 9.64 Å². The number of hydrogen-bond donors (Lipinski definition) is 1. The van der Waals surface area contributed by atoms with Gasteiger partial charge in [0.15, 0.2) is 12.5 Å². The summed E-state index contributed by atoms with van der Waals surface area (Å²) in [5.74, 6) is 1.74. The molecule has 1 saturated carbocycles. The van der Waals surface area contributed by atoms with Crippen LogP contribution in [0.15, 0.2) is 42.7 Å². The Kier molecular flexibility index (Phi) is 5.48. The molecular formula is C20H23ClN5OS+. The Labute approximate surface area is 174 Å². The monoisotopic (exact) mass is 416 g/mol. The van der Waals surface area contributed by atoms with E-state index in [1.54, 1.807) is 13.3 Å². The lowest BCUT2D eigenvalue weighted by molar-refractivity contribution is -0.917. The van der Waals surface area contributed by atoms with Gasteiger partial charge in [-0.15, -0.1) is 5.10 Å². The van der Waals surface area contributed by atoms with E-state index in [4.69, 9.17) is 33.7 Å². The third-order valence-corrected chi connectivity index (χ3v) is 5.50. The Balaban J connectivity index is 1.60. The van der Waals surface area contributed by atoms with E-state index in [2.05, 4.69) is 16.6 Å². The molecule has 3 aromatic rings. The van der Waals surface area contributed by atoms with Crippen molar-refractivity contribution >= 4 is 23.8 Å². The maximum absolute atomic E-state index is 6.17. The molecule has 0 amide bonds. The van der Waals surface area contributed by atoms with Crippen LogP contribution in [0.3, 0.4) is 0 Å². The quantitative estimate of drug-likeness (QED) is 0.601. The van der Waals surface area contributed by atoms with Gasteiger partial charge in [-0.1, -0.05) is 11.6 Å². The number of benzene rings is 1. The Bertz CT molecular complexity index is 1030. The fourth-order valence-corrected chi connectivity index (χ4v) is 3.93. The molecule has 8 heteroatoms. The van der Waals surface area contributed by atoms with E-state index in [0.29, 0.717) is 17.7 Å². The van der Waals surface area contributed by atoms with Crippen molar-refractivity contribution in [2.24, 2.45) is 0 Å². The third-order valence-electron chi connectivity index (χ3n) is 4.86. The van der Waals surface area contributed by atoms with E-state index in [9.17, 15) is 0 Å². The second-order valence-corrected chi connectivity index (χ2v) is 8.00. The molecule has 0 saturated heterocycles. The number of quaternary nitrogens is 1. The van der Waals surface area contributed by atoms with Gasteiger partial charge in [0.25, 0.3) is 0 Å². The highest BCUT2D eigenvalue weighted by atomic mass is 35.5. The number of nitrogens with one attached hydrogen (secondary N) is 1. The fourth-order valence-electron chi connectivity index (χ4n) is 3.40. The third kappa shape index (κ3) is 3.97. The van der Waals surface area contributed by atoms with E-state index >= 15 is 0 Å². The van der Waals surface area contributed by atoms with Gasteiger partial charge in [-0.2, -0.15) is 4.68 Å². The SMILES string of the molecule is COc1ccc(Cl)cc1C[NH+](C)Cn1nc(-c2cccnc2)n(C2CC2)c1=S. The second kappa shape index (κ2) is 8.03. The predicted molar refractivity (Wildman–Crippen MR) is 111 cm³/mol. The van der Waals surface area contributed by atoms with Crippen LogP contribution in [-0.4, -0.2) is 33.5 Å². The summed E-state index contributed by atoms with van der Waals surface area (Å²) in [6.07, 6.45) is 5.91. The molecular weight excluding hydrogens is 394 g/mol. The second-order valence-electron chi connectivity index (χ2n) is 7.20.